The molecule has 0 amide bonds. The molecule has 0 spiro atoms. The van der Waals surface area contributed by atoms with Crippen LogP contribution >= 0.6 is 0 Å². The fourth-order valence-corrected chi connectivity index (χ4v) is 1.12. The van der Waals surface area contributed by atoms with Crippen LogP contribution in [0.4, 0.5) is 13.2 Å². The lowest BCUT2D eigenvalue weighted by Gasteiger charge is -2.19. The summed E-state index contributed by atoms with van der Waals surface area (Å²) < 4.78 is 40.1. The Morgan fingerprint density at radius 1 is 1.40 bits per heavy atom. The Morgan fingerprint density at radius 3 is 2.27 bits per heavy atom. The Balaban J connectivity index is 4.19. The van der Waals surface area contributed by atoms with Crippen molar-refractivity contribution in [1.82, 2.24) is 5.32 Å². The molecule has 0 unspecified atom stereocenters. The van der Waals surface area contributed by atoms with Gasteiger partial charge in [0.15, 0.2) is 0 Å². The summed E-state index contributed by atoms with van der Waals surface area (Å²) in [5.74, 6) is -0.539. The van der Waals surface area contributed by atoms with Crippen molar-refractivity contribution < 1.29 is 22.7 Å². The van der Waals surface area contributed by atoms with E-state index in [2.05, 4.69) is 10.1 Å². The van der Waals surface area contributed by atoms with E-state index >= 15 is 0 Å². The minimum absolute atomic E-state index is 0.120. The van der Waals surface area contributed by atoms with Crippen molar-refractivity contribution in [2.45, 2.75) is 32.5 Å². The van der Waals surface area contributed by atoms with Gasteiger partial charge in [0.1, 0.15) is 6.04 Å². The molecule has 1 N–H and O–H groups in total. The van der Waals surface area contributed by atoms with E-state index in [1.54, 1.807) is 0 Å². The number of methoxy groups -OCH3 is 1. The zero-order chi connectivity index (χ0) is 12.1. The van der Waals surface area contributed by atoms with E-state index in [1.807, 2.05) is 13.8 Å². The predicted molar refractivity (Wildman–Crippen MR) is 49.3 cm³/mol. The molecule has 0 aromatic rings. The summed E-state index contributed by atoms with van der Waals surface area (Å²) in [5.41, 5.74) is 0. The van der Waals surface area contributed by atoms with E-state index in [1.165, 1.54) is 0 Å². The molecule has 3 nitrogen and oxygen atoms in total. The predicted octanol–water partition coefficient (Wildman–Crippen LogP) is 1.73. The van der Waals surface area contributed by atoms with Gasteiger partial charge in [-0.2, -0.15) is 13.2 Å². The summed E-state index contributed by atoms with van der Waals surface area (Å²) in [6.45, 7) is 2.47. The lowest BCUT2D eigenvalue weighted by atomic mass is 10.0. The largest absolute Gasteiger partial charge is 0.468 e. The van der Waals surface area contributed by atoms with Crippen molar-refractivity contribution in [1.29, 1.82) is 0 Å². The van der Waals surface area contributed by atoms with E-state index in [-0.39, 0.29) is 5.92 Å². The minimum Gasteiger partial charge on any atom is -0.468 e. The highest BCUT2D eigenvalue weighted by atomic mass is 19.4. The van der Waals surface area contributed by atoms with Crippen LogP contribution in [0.1, 0.15) is 20.3 Å². The monoisotopic (exact) mass is 227 g/mol. The van der Waals surface area contributed by atoms with Gasteiger partial charge in [0.25, 0.3) is 0 Å². The molecule has 6 heteroatoms. The van der Waals surface area contributed by atoms with Crippen LogP contribution in [0.2, 0.25) is 0 Å². The number of carbonyl (C=O) groups is 1. The van der Waals surface area contributed by atoms with Crippen LogP contribution in [0.3, 0.4) is 0 Å². The summed E-state index contributed by atoms with van der Waals surface area (Å²) in [4.78, 5) is 11.1. The fraction of sp³-hybridized carbons (Fsp3) is 0.889. The zero-order valence-corrected chi connectivity index (χ0v) is 9.02. The molecule has 0 aliphatic heterocycles. The Hall–Kier alpha value is -0.780. The van der Waals surface area contributed by atoms with Gasteiger partial charge in [0.05, 0.1) is 13.7 Å². The number of rotatable bonds is 5. The average Bonchev–Trinajstić information content (AvgIpc) is 2.09. The van der Waals surface area contributed by atoms with E-state index < -0.39 is 24.7 Å². The molecule has 0 aliphatic carbocycles. The van der Waals surface area contributed by atoms with Crippen LogP contribution in [0.5, 0.6) is 0 Å². The van der Waals surface area contributed by atoms with Crippen molar-refractivity contribution in [3.8, 4) is 0 Å². The molecular formula is C9H16F3NO2. The molecule has 0 aromatic heterocycles. The van der Waals surface area contributed by atoms with Crippen LogP contribution in [0.15, 0.2) is 0 Å². The topological polar surface area (TPSA) is 38.3 Å². The average molecular weight is 227 g/mol. The van der Waals surface area contributed by atoms with Gasteiger partial charge in [-0.25, -0.2) is 0 Å². The lowest BCUT2D eigenvalue weighted by Crippen LogP contribution is -2.43. The third-order valence-electron chi connectivity index (χ3n) is 1.74. The molecule has 15 heavy (non-hydrogen) atoms. The van der Waals surface area contributed by atoms with Gasteiger partial charge in [-0.05, 0) is 12.3 Å². The van der Waals surface area contributed by atoms with Crippen LogP contribution in [-0.2, 0) is 9.53 Å². The van der Waals surface area contributed by atoms with Gasteiger partial charge in [0.2, 0.25) is 0 Å². The third kappa shape index (κ3) is 7.18. The normalized spacial score (nSPS) is 14.1. The summed E-state index contributed by atoms with van der Waals surface area (Å²) in [5, 5.41) is 2.14. The Labute approximate surface area is 87.0 Å². The maximum absolute atomic E-state index is 11.9. The maximum Gasteiger partial charge on any atom is 0.401 e. The number of nitrogens with one attached hydrogen (secondary N) is 1. The van der Waals surface area contributed by atoms with E-state index in [4.69, 9.17) is 0 Å². The first-order chi connectivity index (χ1) is 6.76. The number of alkyl halides is 3. The molecule has 0 heterocycles. The maximum atomic E-state index is 11.9. The number of ether oxygens (including phenoxy) is 1. The number of hydrogen-bond donors (Lipinski definition) is 1. The van der Waals surface area contributed by atoms with Crippen molar-refractivity contribution in [3.63, 3.8) is 0 Å². The van der Waals surface area contributed by atoms with Crippen molar-refractivity contribution >= 4 is 5.97 Å². The van der Waals surface area contributed by atoms with Crippen molar-refractivity contribution in [2.75, 3.05) is 13.7 Å². The summed E-state index contributed by atoms with van der Waals surface area (Å²) in [6.07, 6.45) is -3.99. The Bertz CT molecular complexity index is 204. The van der Waals surface area contributed by atoms with E-state index in [0.717, 1.165) is 7.11 Å². The van der Waals surface area contributed by atoms with Gasteiger partial charge < -0.3 is 4.74 Å². The summed E-state index contributed by atoms with van der Waals surface area (Å²) in [6, 6.07) is -0.892. The van der Waals surface area contributed by atoms with Gasteiger partial charge in [0, 0.05) is 0 Å². The summed E-state index contributed by atoms with van der Waals surface area (Å²) >= 11 is 0. The Kier molecular flexibility index (Phi) is 5.64. The molecule has 0 saturated carbocycles. The first kappa shape index (κ1) is 14.2. The standard InChI is InChI=1S/C9H16F3NO2/c1-6(2)4-7(8(14)15-3)13-5-9(10,11)12/h6-7,13H,4-5H2,1-3H3/t7-/m0/s1. The Morgan fingerprint density at radius 2 is 1.93 bits per heavy atom. The first-order valence-electron chi connectivity index (χ1n) is 4.64. The first-order valence-corrected chi connectivity index (χ1v) is 4.64. The molecule has 0 fully saturated rings. The molecule has 90 valence electrons. The number of hydrogen-bond acceptors (Lipinski definition) is 3. The number of esters is 1. The number of halogens is 3. The number of carbonyl (C=O) groups excluding carboxylic acids is 1. The second-order valence-electron chi connectivity index (χ2n) is 3.70. The van der Waals surface area contributed by atoms with Crippen LogP contribution < -0.4 is 5.32 Å². The van der Waals surface area contributed by atoms with Gasteiger partial charge in [-0.15, -0.1) is 0 Å². The molecule has 0 radical (unpaired) electrons. The molecule has 0 rings (SSSR count). The lowest BCUT2D eigenvalue weighted by molar-refractivity contribution is -0.147. The van der Waals surface area contributed by atoms with Crippen LogP contribution in [-0.4, -0.2) is 31.8 Å². The van der Waals surface area contributed by atoms with Gasteiger partial charge in [-0.3, -0.25) is 10.1 Å². The molecule has 0 aromatic carbocycles. The van der Waals surface area contributed by atoms with E-state index in [9.17, 15) is 18.0 Å². The highest BCUT2D eigenvalue weighted by Gasteiger charge is 2.30. The zero-order valence-electron chi connectivity index (χ0n) is 9.02. The van der Waals surface area contributed by atoms with E-state index in [0.29, 0.717) is 6.42 Å². The quantitative estimate of drug-likeness (QED) is 0.727. The van der Waals surface area contributed by atoms with Crippen molar-refractivity contribution in [3.05, 3.63) is 0 Å². The second-order valence-corrected chi connectivity index (χ2v) is 3.70. The summed E-state index contributed by atoms with van der Waals surface area (Å²) in [7, 11) is 1.16. The molecule has 0 bridgehead atoms. The van der Waals surface area contributed by atoms with Gasteiger partial charge >= 0.3 is 12.1 Å². The molecular weight excluding hydrogens is 211 g/mol. The molecule has 0 saturated heterocycles. The SMILES string of the molecule is COC(=O)[C@H](CC(C)C)NCC(F)(F)F. The highest BCUT2D eigenvalue weighted by Crippen LogP contribution is 2.14. The minimum atomic E-state index is -4.32. The molecule has 1 atom stereocenters. The second kappa shape index (κ2) is 5.95. The third-order valence-corrected chi connectivity index (χ3v) is 1.74. The fourth-order valence-electron chi connectivity index (χ4n) is 1.12. The van der Waals surface area contributed by atoms with Crippen LogP contribution in [0.25, 0.3) is 0 Å². The smallest absolute Gasteiger partial charge is 0.401 e. The molecule has 0 aliphatic rings. The van der Waals surface area contributed by atoms with Gasteiger partial charge in [-0.1, -0.05) is 13.8 Å². The van der Waals surface area contributed by atoms with Crippen molar-refractivity contribution in [2.24, 2.45) is 5.92 Å². The highest BCUT2D eigenvalue weighted by molar-refractivity contribution is 5.75. The van der Waals surface area contributed by atoms with Crippen LogP contribution in [0, 0.1) is 5.92 Å².